The number of hydrogen-bond acceptors (Lipinski definition) is 4. The van der Waals surface area contributed by atoms with Gasteiger partial charge < -0.3 is 10.5 Å². The van der Waals surface area contributed by atoms with Crippen LogP contribution < -0.4 is 10.5 Å². The molecule has 1 aromatic heterocycles. The fraction of sp³-hybridized carbons (Fsp3) is 0.467. The van der Waals surface area contributed by atoms with Crippen LogP contribution in [0.2, 0.25) is 0 Å². The van der Waals surface area contributed by atoms with Gasteiger partial charge in [-0.3, -0.25) is 0 Å². The van der Waals surface area contributed by atoms with Gasteiger partial charge in [0.2, 0.25) is 11.8 Å². The van der Waals surface area contributed by atoms with Crippen molar-refractivity contribution in [2.75, 3.05) is 5.73 Å². The highest BCUT2D eigenvalue weighted by Crippen LogP contribution is 2.29. The van der Waals surface area contributed by atoms with E-state index in [1.165, 1.54) is 12.8 Å². The molecule has 2 aromatic rings. The molecule has 1 fully saturated rings. The van der Waals surface area contributed by atoms with Crippen molar-refractivity contribution in [1.82, 2.24) is 9.97 Å². The van der Waals surface area contributed by atoms with Gasteiger partial charge in [-0.1, -0.05) is 19.1 Å². The number of hydrogen-bond donors (Lipinski definition) is 1. The van der Waals surface area contributed by atoms with E-state index in [1.807, 2.05) is 24.3 Å². The third-order valence-electron chi connectivity index (χ3n) is 3.83. The standard InChI is InChI=1S/C15H19N3O/c1-10-6-8-11(9-7-10)19-14-12-4-2-3-5-13(12)17-15(16)18-14/h2-5,10-11H,6-9H2,1H3,(H2,16,17,18). The van der Waals surface area contributed by atoms with Crippen LogP contribution in [0.25, 0.3) is 10.9 Å². The highest BCUT2D eigenvalue weighted by atomic mass is 16.5. The number of anilines is 1. The van der Waals surface area contributed by atoms with Crippen LogP contribution >= 0.6 is 0 Å². The first-order chi connectivity index (χ1) is 9.22. The van der Waals surface area contributed by atoms with Crippen molar-refractivity contribution in [3.8, 4) is 5.88 Å². The van der Waals surface area contributed by atoms with Crippen molar-refractivity contribution >= 4 is 16.9 Å². The highest BCUT2D eigenvalue weighted by Gasteiger charge is 2.21. The maximum atomic E-state index is 6.07. The largest absolute Gasteiger partial charge is 0.474 e. The van der Waals surface area contributed by atoms with Crippen LogP contribution in [0.5, 0.6) is 5.88 Å². The molecular weight excluding hydrogens is 238 g/mol. The average molecular weight is 257 g/mol. The lowest BCUT2D eigenvalue weighted by atomic mass is 9.89. The molecule has 1 aromatic carbocycles. The molecule has 0 bridgehead atoms. The fourth-order valence-corrected chi connectivity index (χ4v) is 2.66. The number of fused-ring (bicyclic) bond motifs is 1. The van der Waals surface area contributed by atoms with Crippen LogP contribution in [-0.2, 0) is 0 Å². The summed E-state index contributed by atoms with van der Waals surface area (Å²) in [5.41, 5.74) is 6.59. The Labute approximate surface area is 113 Å². The minimum absolute atomic E-state index is 0.258. The molecule has 4 nitrogen and oxygen atoms in total. The molecule has 0 unspecified atom stereocenters. The number of ether oxygens (including phenoxy) is 1. The molecule has 0 aliphatic heterocycles. The Kier molecular flexibility index (Phi) is 3.23. The van der Waals surface area contributed by atoms with Gasteiger partial charge in [-0.05, 0) is 43.7 Å². The summed E-state index contributed by atoms with van der Waals surface area (Å²) in [5.74, 6) is 1.72. The van der Waals surface area contributed by atoms with Crippen molar-refractivity contribution in [3.63, 3.8) is 0 Å². The summed E-state index contributed by atoms with van der Waals surface area (Å²) < 4.78 is 6.07. The smallest absolute Gasteiger partial charge is 0.226 e. The third kappa shape index (κ3) is 2.62. The molecule has 0 atom stereocenters. The SMILES string of the molecule is CC1CCC(Oc2nc(N)nc3ccccc23)CC1. The highest BCUT2D eigenvalue weighted by molar-refractivity contribution is 5.84. The van der Waals surface area contributed by atoms with E-state index in [0.29, 0.717) is 5.88 Å². The van der Waals surface area contributed by atoms with Gasteiger partial charge in [0.05, 0.1) is 10.9 Å². The van der Waals surface area contributed by atoms with Crippen molar-refractivity contribution in [2.24, 2.45) is 5.92 Å². The number of aromatic nitrogens is 2. The normalized spacial score (nSPS) is 23.4. The zero-order valence-electron chi connectivity index (χ0n) is 11.2. The fourth-order valence-electron chi connectivity index (χ4n) is 2.66. The number of para-hydroxylation sites is 1. The van der Waals surface area contributed by atoms with Crippen LogP contribution in [0, 0.1) is 5.92 Å². The minimum Gasteiger partial charge on any atom is -0.474 e. The lowest BCUT2D eigenvalue weighted by molar-refractivity contribution is 0.132. The lowest BCUT2D eigenvalue weighted by Crippen LogP contribution is -2.23. The molecule has 1 saturated carbocycles. The predicted octanol–water partition coefficient (Wildman–Crippen LogP) is 3.17. The van der Waals surface area contributed by atoms with Crippen LogP contribution in [0.3, 0.4) is 0 Å². The maximum absolute atomic E-state index is 6.07. The summed E-state index contributed by atoms with van der Waals surface area (Å²) in [6, 6.07) is 7.83. The number of benzene rings is 1. The quantitative estimate of drug-likeness (QED) is 0.897. The van der Waals surface area contributed by atoms with Gasteiger partial charge in [0, 0.05) is 0 Å². The first kappa shape index (κ1) is 12.2. The number of nitrogens with two attached hydrogens (primary N) is 1. The second-order valence-electron chi connectivity index (χ2n) is 5.40. The van der Waals surface area contributed by atoms with E-state index >= 15 is 0 Å². The van der Waals surface area contributed by atoms with Gasteiger partial charge in [-0.2, -0.15) is 4.98 Å². The van der Waals surface area contributed by atoms with E-state index in [4.69, 9.17) is 10.5 Å². The Bertz CT molecular complexity index is 577. The van der Waals surface area contributed by atoms with E-state index in [2.05, 4.69) is 16.9 Å². The van der Waals surface area contributed by atoms with Crippen molar-refractivity contribution in [2.45, 2.75) is 38.7 Å². The molecule has 3 rings (SSSR count). The molecule has 0 spiro atoms. The molecule has 4 heteroatoms. The molecule has 0 amide bonds. The zero-order chi connectivity index (χ0) is 13.2. The Balaban J connectivity index is 1.88. The molecule has 2 N–H and O–H groups in total. The minimum atomic E-state index is 0.258. The van der Waals surface area contributed by atoms with Crippen molar-refractivity contribution in [1.29, 1.82) is 0 Å². The van der Waals surface area contributed by atoms with Crippen molar-refractivity contribution in [3.05, 3.63) is 24.3 Å². The molecule has 100 valence electrons. The van der Waals surface area contributed by atoms with Gasteiger partial charge in [0.15, 0.2) is 0 Å². The van der Waals surface area contributed by atoms with Gasteiger partial charge in [0.1, 0.15) is 6.10 Å². The lowest BCUT2D eigenvalue weighted by Gasteiger charge is -2.26. The summed E-state index contributed by atoms with van der Waals surface area (Å²) in [7, 11) is 0. The van der Waals surface area contributed by atoms with E-state index < -0.39 is 0 Å². The van der Waals surface area contributed by atoms with Gasteiger partial charge in [-0.25, -0.2) is 4.98 Å². The molecule has 19 heavy (non-hydrogen) atoms. The Morgan fingerprint density at radius 3 is 2.63 bits per heavy atom. The second kappa shape index (κ2) is 5.03. The summed E-state index contributed by atoms with van der Waals surface area (Å²) in [6.45, 7) is 2.30. The second-order valence-corrected chi connectivity index (χ2v) is 5.40. The van der Waals surface area contributed by atoms with E-state index in [1.54, 1.807) is 0 Å². The Hall–Kier alpha value is -1.84. The first-order valence-corrected chi connectivity index (χ1v) is 6.91. The summed E-state index contributed by atoms with van der Waals surface area (Å²) >= 11 is 0. The topological polar surface area (TPSA) is 61.0 Å². The number of nitrogens with zero attached hydrogens (tertiary/aromatic N) is 2. The van der Waals surface area contributed by atoms with Crippen LogP contribution in [0.4, 0.5) is 5.95 Å². The van der Waals surface area contributed by atoms with E-state index in [-0.39, 0.29) is 12.1 Å². The zero-order valence-corrected chi connectivity index (χ0v) is 11.2. The summed E-state index contributed by atoms with van der Waals surface area (Å²) in [6.07, 6.45) is 4.90. The molecular formula is C15H19N3O. The number of rotatable bonds is 2. The molecule has 1 heterocycles. The predicted molar refractivity (Wildman–Crippen MR) is 76.0 cm³/mol. The molecule has 0 saturated heterocycles. The van der Waals surface area contributed by atoms with Gasteiger partial charge >= 0.3 is 0 Å². The monoisotopic (exact) mass is 257 g/mol. The van der Waals surface area contributed by atoms with Crippen LogP contribution in [0.1, 0.15) is 32.6 Å². The molecule has 0 radical (unpaired) electrons. The van der Waals surface area contributed by atoms with E-state index in [9.17, 15) is 0 Å². The first-order valence-electron chi connectivity index (χ1n) is 6.91. The maximum Gasteiger partial charge on any atom is 0.226 e. The average Bonchev–Trinajstić information content (AvgIpc) is 2.41. The van der Waals surface area contributed by atoms with E-state index in [0.717, 1.165) is 29.7 Å². The Morgan fingerprint density at radius 1 is 1.11 bits per heavy atom. The van der Waals surface area contributed by atoms with Crippen LogP contribution in [-0.4, -0.2) is 16.1 Å². The summed E-state index contributed by atoms with van der Waals surface area (Å²) in [5, 5.41) is 0.940. The Morgan fingerprint density at radius 2 is 1.84 bits per heavy atom. The van der Waals surface area contributed by atoms with Crippen molar-refractivity contribution < 1.29 is 4.74 Å². The molecule has 1 aliphatic carbocycles. The van der Waals surface area contributed by atoms with Crippen LogP contribution in [0.15, 0.2) is 24.3 Å². The number of nitrogen functional groups attached to an aromatic ring is 1. The van der Waals surface area contributed by atoms with Gasteiger partial charge in [0.25, 0.3) is 0 Å². The van der Waals surface area contributed by atoms with Gasteiger partial charge in [-0.15, -0.1) is 0 Å². The third-order valence-corrected chi connectivity index (χ3v) is 3.83. The summed E-state index contributed by atoms with van der Waals surface area (Å²) in [4.78, 5) is 8.49. The molecule has 1 aliphatic rings.